The minimum absolute atomic E-state index is 0.214. The fourth-order valence-corrected chi connectivity index (χ4v) is 5.51. The molecule has 1 aliphatic heterocycles. The Morgan fingerprint density at radius 3 is 2.63 bits per heavy atom. The maximum atomic E-state index is 13.3. The molecule has 0 atom stereocenters. The lowest BCUT2D eigenvalue weighted by atomic mass is 10.1. The van der Waals surface area contributed by atoms with E-state index >= 15 is 0 Å². The number of aromatic nitrogens is 2. The van der Waals surface area contributed by atoms with Crippen molar-refractivity contribution in [2.45, 2.75) is 6.54 Å². The zero-order valence-electron chi connectivity index (χ0n) is 20.1. The van der Waals surface area contributed by atoms with Crippen LogP contribution in [-0.2, 0) is 11.3 Å². The summed E-state index contributed by atoms with van der Waals surface area (Å²) in [6, 6.07) is 23.3. The van der Waals surface area contributed by atoms with Gasteiger partial charge in [-0.15, -0.1) is 0 Å². The smallest absolute Gasteiger partial charge is 0.266 e. The molecule has 0 bridgehead atoms. The highest BCUT2D eigenvalue weighted by atomic mass is 32.2. The standard InChI is InChI=1S/C29H20FN3O3S2/c1-35-23-9-5-6-19-14-24(36-27(19)23)26-20(17-33(31-26)22-7-3-2-4-8-22)15-25-28(34)32(29(37)38-25)16-18-10-12-21(30)13-11-18/h2-15,17H,16H2,1H3. The van der Waals surface area contributed by atoms with E-state index in [0.29, 0.717) is 37.6 Å². The van der Waals surface area contributed by atoms with Crippen molar-refractivity contribution >= 4 is 51.3 Å². The molecule has 5 aromatic rings. The second-order valence-electron chi connectivity index (χ2n) is 8.60. The van der Waals surface area contributed by atoms with E-state index in [2.05, 4.69) is 0 Å². The molecule has 3 heterocycles. The van der Waals surface area contributed by atoms with Crippen LogP contribution >= 0.6 is 24.0 Å². The van der Waals surface area contributed by atoms with Gasteiger partial charge in [0.2, 0.25) is 0 Å². The number of hydrogen-bond acceptors (Lipinski definition) is 6. The largest absolute Gasteiger partial charge is 0.493 e. The Balaban J connectivity index is 1.41. The van der Waals surface area contributed by atoms with E-state index in [1.54, 1.807) is 30.0 Å². The van der Waals surface area contributed by atoms with Crippen LogP contribution in [0, 0.1) is 5.82 Å². The van der Waals surface area contributed by atoms with Crippen LogP contribution in [0.3, 0.4) is 0 Å². The molecular formula is C29H20FN3O3S2. The number of methoxy groups -OCH3 is 1. The highest BCUT2D eigenvalue weighted by Gasteiger charge is 2.32. The first kappa shape index (κ1) is 24.1. The van der Waals surface area contributed by atoms with Crippen LogP contribution < -0.4 is 4.74 Å². The monoisotopic (exact) mass is 541 g/mol. The van der Waals surface area contributed by atoms with Gasteiger partial charge < -0.3 is 9.15 Å². The Hall–Kier alpha value is -4.21. The number of thiocarbonyl (C=S) groups is 1. The molecule has 6 nitrogen and oxygen atoms in total. The number of amides is 1. The molecule has 0 aliphatic carbocycles. The number of benzene rings is 3. The first-order valence-corrected chi connectivity index (χ1v) is 12.9. The number of halogens is 1. The summed E-state index contributed by atoms with van der Waals surface area (Å²) in [6.45, 7) is 0.266. The lowest BCUT2D eigenvalue weighted by Gasteiger charge is -2.14. The molecule has 0 N–H and O–H groups in total. The van der Waals surface area contributed by atoms with E-state index in [4.69, 9.17) is 26.5 Å². The highest BCUT2D eigenvalue weighted by Crippen LogP contribution is 2.38. The van der Waals surface area contributed by atoms with Gasteiger partial charge in [-0.2, -0.15) is 5.10 Å². The second kappa shape index (κ2) is 9.92. The van der Waals surface area contributed by atoms with E-state index in [-0.39, 0.29) is 18.3 Å². The Morgan fingerprint density at radius 1 is 1.08 bits per heavy atom. The van der Waals surface area contributed by atoms with Gasteiger partial charge in [-0.25, -0.2) is 9.07 Å². The van der Waals surface area contributed by atoms with Gasteiger partial charge in [-0.05, 0) is 48.0 Å². The van der Waals surface area contributed by atoms with Gasteiger partial charge >= 0.3 is 0 Å². The SMILES string of the molecule is COc1cccc2cc(-c3nn(-c4ccccc4)cc3C=C3SC(=S)N(Cc4ccc(F)cc4)C3=O)oc12. The molecule has 1 amide bonds. The summed E-state index contributed by atoms with van der Waals surface area (Å²) < 4.78 is 27.2. The van der Waals surface area contributed by atoms with E-state index in [1.807, 2.05) is 60.8 Å². The average molecular weight is 542 g/mol. The van der Waals surface area contributed by atoms with Crippen LogP contribution in [-0.4, -0.2) is 32.0 Å². The van der Waals surface area contributed by atoms with E-state index in [1.165, 1.54) is 28.8 Å². The maximum absolute atomic E-state index is 13.3. The molecule has 38 heavy (non-hydrogen) atoms. The normalized spacial score (nSPS) is 14.7. The van der Waals surface area contributed by atoms with E-state index in [9.17, 15) is 9.18 Å². The summed E-state index contributed by atoms with van der Waals surface area (Å²) in [5, 5.41) is 5.70. The summed E-state index contributed by atoms with van der Waals surface area (Å²) in [5.41, 5.74) is 3.56. The maximum Gasteiger partial charge on any atom is 0.266 e. The van der Waals surface area contributed by atoms with Crippen LogP contribution in [0.5, 0.6) is 5.75 Å². The lowest BCUT2D eigenvalue weighted by Crippen LogP contribution is -2.27. The number of rotatable bonds is 6. The van der Waals surface area contributed by atoms with E-state index < -0.39 is 0 Å². The third kappa shape index (κ3) is 4.51. The van der Waals surface area contributed by atoms with Gasteiger partial charge in [-0.3, -0.25) is 9.69 Å². The Bertz CT molecular complexity index is 1710. The second-order valence-corrected chi connectivity index (χ2v) is 10.3. The molecule has 3 aromatic carbocycles. The molecule has 0 radical (unpaired) electrons. The molecule has 188 valence electrons. The topological polar surface area (TPSA) is 60.5 Å². The first-order chi connectivity index (χ1) is 18.5. The predicted molar refractivity (Wildman–Crippen MR) is 150 cm³/mol. The van der Waals surface area contributed by atoms with Crippen LogP contribution in [0.25, 0.3) is 34.2 Å². The minimum Gasteiger partial charge on any atom is -0.493 e. The molecular weight excluding hydrogens is 521 g/mol. The number of hydrogen-bond donors (Lipinski definition) is 0. The molecule has 1 fully saturated rings. The van der Waals surface area contributed by atoms with Crippen LogP contribution in [0.4, 0.5) is 4.39 Å². The number of fused-ring (bicyclic) bond motifs is 1. The summed E-state index contributed by atoms with van der Waals surface area (Å²) >= 11 is 6.74. The summed E-state index contributed by atoms with van der Waals surface area (Å²) in [7, 11) is 1.60. The molecule has 6 rings (SSSR count). The van der Waals surface area contributed by atoms with E-state index in [0.717, 1.165) is 16.6 Å². The number of furan rings is 1. The summed E-state index contributed by atoms with van der Waals surface area (Å²) in [4.78, 5) is 15.3. The minimum atomic E-state index is -0.329. The number of para-hydroxylation sites is 2. The van der Waals surface area contributed by atoms with Crippen molar-refractivity contribution in [1.82, 2.24) is 14.7 Å². The van der Waals surface area contributed by atoms with Crippen molar-refractivity contribution in [2.24, 2.45) is 0 Å². The zero-order valence-corrected chi connectivity index (χ0v) is 21.8. The van der Waals surface area contributed by atoms with Gasteiger partial charge in [0.25, 0.3) is 5.91 Å². The summed E-state index contributed by atoms with van der Waals surface area (Å²) in [6.07, 6.45) is 3.65. The highest BCUT2D eigenvalue weighted by molar-refractivity contribution is 8.26. The van der Waals surface area contributed by atoms with Crippen molar-refractivity contribution in [3.8, 4) is 22.9 Å². The molecule has 2 aromatic heterocycles. The Morgan fingerprint density at radius 2 is 1.87 bits per heavy atom. The molecule has 1 aliphatic rings. The number of carbonyl (C=O) groups is 1. The van der Waals surface area contributed by atoms with Gasteiger partial charge in [-0.1, -0.05) is 66.4 Å². The van der Waals surface area contributed by atoms with Crippen molar-refractivity contribution in [3.63, 3.8) is 0 Å². The van der Waals surface area contributed by atoms with Crippen LogP contribution in [0.2, 0.25) is 0 Å². The third-order valence-electron chi connectivity index (χ3n) is 6.14. The van der Waals surface area contributed by atoms with Crippen molar-refractivity contribution in [2.75, 3.05) is 7.11 Å². The van der Waals surface area contributed by atoms with Gasteiger partial charge in [0.05, 0.1) is 24.2 Å². The van der Waals surface area contributed by atoms with Gasteiger partial charge in [0.1, 0.15) is 15.8 Å². The lowest BCUT2D eigenvalue weighted by molar-refractivity contribution is -0.122. The predicted octanol–water partition coefficient (Wildman–Crippen LogP) is 6.83. The molecule has 0 unspecified atom stereocenters. The van der Waals surface area contributed by atoms with Gasteiger partial charge in [0.15, 0.2) is 17.1 Å². The fourth-order valence-electron chi connectivity index (χ4n) is 4.26. The number of thioether (sulfide) groups is 1. The summed E-state index contributed by atoms with van der Waals surface area (Å²) in [5.74, 6) is 0.630. The molecule has 1 saturated heterocycles. The van der Waals surface area contributed by atoms with Crippen LogP contribution in [0.15, 0.2) is 94.4 Å². The molecule has 0 spiro atoms. The number of carbonyl (C=O) groups excluding carboxylic acids is 1. The van der Waals surface area contributed by atoms with Crippen molar-refractivity contribution < 1.29 is 18.3 Å². The zero-order chi connectivity index (χ0) is 26.2. The average Bonchev–Trinajstić information content (AvgIpc) is 3.62. The molecule has 9 heteroatoms. The fraction of sp³-hybridized carbons (Fsp3) is 0.0690. The first-order valence-electron chi connectivity index (χ1n) is 11.7. The van der Waals surface area contributed by atoms with Gasteiger partial charge in [0, 0.05) is 17.1 Å². The van der Waals surface area contributed by atoms with Crippen molar-refractivity contribution in [3.05, 3.63) is 107 Å². The van der Waals surface area contributed by atoms with Crippen LogP contribution in [0.1, 0.15) is 11.1 Å². The third-order valence-corrected chi connectivity index (χ3v) is 7.52. The number of ether oxygens (including phenoxy) is 1. The Labute approximate surface area is 227 Å². The number of nitrogens with zero attached hydrogens (tertiary/aromatic N) is 3. The Kier molecular flexibility index (Phi) is 6.30. The van der Waals surface area contributed by atoms with Crippen molar-refractivity contribution in [1.29, 1.82) is 0 Å². The quantitative estimate of drug-likeness (QED) is 0.173. The molecule has 0 saturated carbocycles.